The zero-order chi connectivity index (χ0) is 17.5. The lowest BCUT2D eigenvalue weighted by Crippen LogP contribution is -2.46. The van der Waals surface area contributed by atoms with Gasteiger partial charge in [-0.25, -0.2) is 17.2 Å². The predicted molar refractivity (Wildman–Crippen MR) is 82.0 cm³/mol. The summed E-state index contributed by atoms with van der Waals surface area (Å²) in [5.74, 6) is -2.88. The molecule has 0 saturated carbocycles. The summed E-state index contributed by atoms with van der Waals surface area (Å²) in [4.78, 5) is 14.0. The van der Waals surface area contributed by atoms with E-state index in [4.69, 9.17) is 0 Å². The topological polar surface area (TPSA) is 72.3 Å². The zero-order valence-corrected chi connectivity index (χ0v) is 13.6. The minimum absolute atomic E-state index is 0.0580. The van der Waals surface area contributed by atoms with E-state index in [1.165, 1.54) is 15.8 Å². The zero-order valence-electron chi connectivity index (χ0n) is 12.8. The molecule has 1 atom stereocenters. The van der Waals surface area contributed by atoms with Crippen molar-refractivity contribution in [3.05, 3.63) is 53.4 Å². The van der Waals surface area contributed by atoms with Gasteiger partial charge in [-0.05, 0) is 12.1 Å². The summed E-state index contributed by atoms with van der Waals surface area (Å²) in [6.07, 6.45) is 3.10. The van der Waals surface area contributed by atoms with E-state index in [0.29, 0.717) is 11.6 Å². The van der Waals surface area contributed by atoms with E-state index < -0.39 is 33.4 Å². The Bertz CT molecular complexity index is 895. The first-order chi connectivity index (χ1) is 11.3. The van der Waals surface area contributed by atoms with E-state index in [0.717, 1.165) is 12.1 Å². The minimum atomic E-state index is -3.32. The molecule has 0 spiro atoms. The average molecular weight is 355 g/mol. The van der Waals surface area contributed by atoms with Crippen molar-refractivity contribution >= 4 is 15.7 Å². The Kier molecular flexibility index (Phi) is 4.12. The van der Waals surface area contributed by atoms with Crippen molar-refractivity contribution in [1.82, 2.24) is 14.7 Å². The number of nitrogens with zero attached hydrogens (tertiary/aromatic N) is 3. The highest BCUT2D eigenvalue weighted by molar-refractivity contribution is 7.91. The maximum Gasteiger partial charge on any atom is 0.257 e. The summed E-state index contributed by atoms with van der Waals surface area (Å²) in [7, 11) is -1.65. The number of carbonyl (C=O) groups is 1. The SMILES string of the molecule is Cn1cc([C@H]2CS(=O)(=O)CCN2C(=O)c2ccc(F)cc2F)cn1. The number of aryl methyl sites for hydroxylation is 1. The normalized spacial score (nSPS) is 20.1. The molecule has 6 nitrogen and oxygen atoms in total. The van der Waals surface area contributed by atoms with Crippen LogP contribution in [0.25, 0.3) is 0 Å². The quantitative estimate of drug-likeness (QED) is 0.814. The third-order valence-corrected chi connectivity index (χ3v) is 5.59. The molecular weight excluding hydrogens is 340 g/mol. The molecule has 1 aromatic carbocycles. The predicted octanol–water partition coefficient (Wildman–Crippen LogP) is 1.31. The number of rotatable bonds is 2. The molecule has 3 rings (SSSR count). The molecule has 128 valence electrons. The van der Waals surface area contributed by atoms with Gasteiger partial charge in [0.1, 0.15) is 11.6 Å². The first-order valence-corrected chi connectivity index (χ1v) is 9.04. The summed E-state index contributed by atoms with van der Waals surface area (Å²) in [6.45, 7) is -0.0580. The van der Waals surface area contributed by atoms with Gasteiger partial charge in [-0.3, -0.25) is 9.48 Å². The highest BCUT2D eigenvalue weighted by Gasteiger charge is 2.36. The van der Waals surface area contributed by atoms with E-state index in [9.17, 15) is 22.0 Å². The lowest BCUT2D eigenvalue weighted by molar-refractivity contribution is 0.0692. The van der Waals surface area contributed by atoms with Crippen LogP contribution < -0.4 is 0 Å². The van der Waals surface area contributed by atoms with Crippen LogP contribution in [0.15, 0.2) is 30.6 Å². The van der Waals surface area contributed by atoms with E-state index in [-0.39, 0.29) is 23.6 Å². The number of amides is 1. The maximum atomic E-state index is 13.9. The molecule has 0 bridgehead atoms. The van der Waals surface area contributed by atoms with Gasteiger partial charge in [0.05, 0.1) is 29.3 Å². The molecule has 1 aliphatic heterocycles. The largest absolute Gasteiger partial charge is 0.329 e. The number of hydrogen-bond acceptors (Lipinski definition) is 4. The molecule has 2 heterocycles. The second-order valence-electron chi connectivity index (χ2n) is 5.70. The van der Waals surface area contributed by atoms with Crippen LogP contribution >= 0.6 is 0 Å². The molecule has 0 unspecified atom stereocenters. The molecule has 1 aromatic heterocycles. The lowest BCUT2D eigenvalue weighted by Gasteiger charge is -2.35. The van der Waals surface area contributed by atoms with Gasteiger partial charge in [0, 0.05) is 31.4 Å². The van der Waals surface area contributed by atoms with Crippen molar-refractivity contribution in [3.63, 3.8) is 0 Å². The molecule has 1 fully saturated rings. The third kappa shape index (κ3) is 3.16. The van der Waals surface area contributed by atoms with Crippen molar-refractivity contribution in [2.24, 2.45) is 7.05 Å². The van der Waals surface area contributed by atoms with E-state index in [1.807, 2.05) is 0 Å². The summed E-state index contributed by atoms with van der Waals surface area (Å²) in [5.41, 5.74) is 0.265. The molecule has 1 aliphatic rings. The fourth-order valence-corrected chi connectivity index (χ4v) is 4.25. The summed E-state index contributed by atoms with van der Waals surface area (Å²) >= 11 is 0. The van der Waals surface area contributed by atoms with Gasteiger partial charge < -0.3 is 4.90 Å². The molecule has 1 amide bonds. The smallest absolute Gasteiger partial charge is 0.257 e. The van der Waals surface area contributed by atoms with Crippen LogP contribution in [0.1, 0.15) is 22.0 Å². The van der Waals surface area contributed by atoms with Gasteiger partial charge in [-0.15, -0.1) is 0 Å². The van der Waals surface area contributed by atoms with Crippen molar-refractivity contribution in [1.29, 1.82) is 0 Å². The van der Waals surface area contributed by atoms with Gasteiger partial charge in [-0.1, -0.05) is 0 Å². The molecule has 0 radical (unpaired) electrons. The average Bonchev–Trinajstić information content (AvgIpc) is 2.92. The number of aromatic nitrogens is 2. The van der Waals surface area contributed by atoms with Crippen molar-refractivity contribution in [2.75, 3.05) is 18.1 Å². The van der Waals surface area contributed by atoms with Crippen molar-refractivity contribution in [3.8, 4) is 0 Å². The highest BCUT2D eigenvalue weighted by atomic mass is 32.2. The van der Waals surface area contributed by atoms with Crippen LogP contribution in [-0.4, -0.2) is 47.1 Å². The van der Waals surface area contributed by atoms with Gasteiger partial charge in [0.2, 0.25) is 0 Å². The van der Waals surface area contributed by atoms with E-state index in [2.05, 4.69) is 5.10 Å². The summed E-state index contributed by atoms with van der Waals surface area (Å²) in [5, 5.41) is 4.00. The highest BCUT2D eigenvalue weighted by Crippen LogP contribution is 2.28. The summed E-state index contributed by atoms with van der Waals surface area (Å²) in [6, 6.07) is 1.94. The maximum absolute atomic E-state index is 13.9. The Balaban J connectivity index is 1.98. The standard InChI is InChI=1S/C15H15F2N3O3S/c1-19-8-10(7-18-19)14-9-24(22,23)5-4-20(14)15(21)12-3-2-11(16)6-13(12)17/h2-3,6-8,14H,4-5,9H2,1H3/t14-/m1/s1. The minimum Gasteiger partial charge on any atom is -0.329 e. The molecule has 0 N–H and O–H groups in total. The second-order valence-corrected chi connectivity index (χ2v) is 7.93. The van der Waals surface area contributed by atoms with Crippen molar-refractivity contribution < 1.29 is 22.0 Å². The van der Waals surface area contributed by atoms with Crippen LogP contribution in [0.3, 0.4) is 0 Å². The van der Waals surface area contributed by atoms with Gasteiger partial charge in [0.25, 0.3) is 5.91 Å². The Morgan fingerprint density at radius 1 is 1.33 bits per heavy atom. The second kappa shape index (κ2) is 5.97. The first-order valence-electron chi connectivity index (χ1n) is 7.22. The molecule has 24 heavy (non-hydrogen) atoms. The van der Waals surface area contributed by atoms with Crippen LogP contribution in [0, 0.1) is 11.6 Å². The Morgan fingerprint density at radius 2 is 2.08 bits per heavy atom. The number of hydrogen-bond donors (Lipinski definition) is 0. The van der Waals surface area contributed by atoms with Gasteiger partial charge >= 0.3 is 0 Å². The molecule has 0 aliphatic carbocycles. The number of halogens is 2. The summed E-state index contributed by atoms with van der Waals surface area (Å²) < 4.78 is 52.4. The molecule has 2 aromatic rings. The molecule has 9 heteroatoms. The lowest BCUT2D eigenvalue weighted by atomic mass is 10.1. The Labute approximate surface area is 137 Å². The van der Waals surface area contributed by atoms with Crippen LogP contribution in [0.5, 0.6) is 0 Å². The van der Waals surface area contributed by atoms with Crippen LogP contribution in [0.2, 0.25) is 0 Å². The van der Waals surface area contributed by atoms with E-state index in [1.54, 1.807) is 13.2 Å². The number of sulfone groups is 1. The first kappa shape index (κ1) is 16.6. The van der Waals surface area contributed by atoms with Crippen LogP contribution in [0.4, 0.5) is 8.78 Å². The Morgan fingerprint density at radius 3 is 2.71 bits per heavy atom. The Hall–Kier alpha value is -2.29. The fraction of sp³-hybridized carbons (Fsp3) is 0.333. The van der Waals surface area contributed by atoms with Gasteiger partial charge in [-0.2, -0.15) is 5.10 Å². The fourth-order valence-electron chi connectivity index (χ4n) is 2.76. The van der Waals surface area contributed by atoms with E-state index >= 15 is 0 Å². The molecular formula is C15H15F2N3O3S. The number of carbonyl (C=O) groups excluding carboxylic acids is 1. The third-order valence-electron chi connectivity index (χ3n) is 3.96. The van der Waals surface area contributed by atoms with Gasteiger partial charge in [0.15, 0.2) is 9.84 Å². The monoisotopic (exact) mass is 355 g/mol. The number of benzene rings is 1. The van der Waals surface area contributed by atoms with Crippen LogP contribution in [-0.2, 0) is 16.9 Å². The molecule has 1 saturated heterocycles. The van der Waals surface area contributed by atoms with Crippen molar-refractivity contribution in [2.45, 2.75) is 6.04 Å².